The molecule has 2 aromatic carbocycles. The van der Waals surface area contributed by atoms with Crippen LogP contribution in [0.4, 0.5) is 29.5 Å². The summed E-state index contributed by atoms with van der Waals surface area (Å²) in [6.45, 7) is 0. The molecule has 0 spiro atoms. The zero-order chi connectivity index (χ0) is 21.1. The Labute approximate surface area is 170 Å². The third-order valence-electron chi connectivity index (χ3n) is 5.21. The Hall–Kier alpha value is -3.36. The van der Waals surface area contributed by atoms with Gasteiger partial charge in [0.25, 0.3) is 6.20 Å². The third-order valence-corrected chi connectivity index (χ3v) is 5.21. The second-order valence-electron chi connectivity index (χ2n) is 7.22. The minimum Gasteiger partial charge on any atom is -0.308 e. The zero-order valence-electron chi connectivity index (χ0n) is 15.9. The first kappa shape index (κ1) is 19.9. The van der Waals surface area contributed by atoms with Gasteiger partial charge in [0, 0.05) is 18.0 Å². The number of nitrogens with one attached hydrogen (secondary N) is 2. The van der Waals surface area contributed by atoms with E-state index in [9.17, 15) is 18.0 Å². The van der Waals surface area contributed by atoms with Crippen molar-refractivity contribution in [3.63, 3.8) is 0 Å². The number of anilines is 2. The van der Waals surface area contributed by atoms with Gasteiger partial charge in [0.15, 0.2) is 6.04 Å². The molecule has 3 aromatic rings. The van der Waals surface area contributed by atoms with Crippen molar-refractivity contribution in [2.75, 3.05) is 10.6 Å². The van der Waals surface area contributed by atoms with E-state index < -0.39 is 17.8 Å². The fourth-order valence-corrected chi connectivity index (χ4v) is 3.86. The molecule has 4 rings (SSSR count). The van der Waals surface area contributed by atoms with Crippen molar-refractivity contribution in [2.24, 2.45) is 0 Å². The molecule has 2 amide bonds. The summed E-state index contributed by atoms with van der Waals surface area (Å²) in [6.07, 6.45) is 0.141. The lowest BCUT2D eigenvalue weighted by atomic mass is 9.94. The molecule has 2 atom stereocenters. The van der Waals surface area contributed by atoms with Crippen LogP contribution in [0.15, 0.2) is 65.3 Å². The number of nitrogens with zero attached hydrogens (tertiary/aromatic N) is 2. The smallest absolute Gasteiger partial charge is 0.308 e. The summed E-state index contributed by atoms with van der Waals surface area (Å²) < 4.78 is 45.3. The largest absolute Gasteiger partial charge is 0.416 e. The fourth-order valence-electron chi connectivity index (χ4n) is 3.86. The molecule has 1 aliphatic carbocycles. The average molecular weight is 417 g/mol. The van der Waals surface area contributed by atoms with Crippen LogP contribution in [0.5, 0.6) is 0 Å². The molecule has 30 heavy (non-hydrogen) atoms. The van der Waals surface area contributed by atoms with Crippen LogP contribution in [-0.4, -0.2) is 11.3 Å². The molecule has 0 unspecified atom stereocenters. The van der Waals surface area contributed by atoms with Crippen LogP contribution in [0.2, 0.25) is 0 Å². The SMILES string of the molecule is O=C(Nc1cccc(C(F)(F)F)c1)Nc1c[n+]([C@@H]2CCC[C@H]2c2ccccc2)no1. The topological polar surface area (TPSA) is 71.0 Å². The highest BCUT2D eigenvalue weighted by molar-refractivity contribution is 5.98. The van der Waals surface area contributed by atoms with Crippen molar-refractivity contribution >= 4 is 17.6 Å². The number of hydrogen-bond donors (Lipinski definition) is 2. The molecule has 1 heterocycles. The summed E-state index contributed by atoms with van der Waals surface area (Å²) >= 11 is 0. The van der Waals surface area contributed by atoms with Crippen molar-refractivity contribution < 1.29 is 27.2 Å². The molecule has 1 aromatic heterocycles. The summed E-state index contributed by atoms with van der Waals surface area (Å²) in [5.74, 6) is 0.409. The fraction of sp³-hybridized carbons (Fsp3) is 0.286. The van der Waals surface area contributed by atoms with Crippen LogP contribution in [0.1, 0.15) is 42.3 Å². The van der Waals surface area contributed by atoms with E-state index >= 15 is 0 Å². The van der Waals surface area contributed by atoms with Crippen molar-refractivity contribution in [1.29, 1.82) is 0 Å². The number of hydrogen-bond acceptors (Lipinski definition) is 3. The Morgan fingerprint density at radius 3 is 2.63 bits per heavy atom. The molecule has 6 nitrogen and oxygen atoms in total. The van der Waals surface area contributed by atoms with Crippen LogP contribution < -0.4 is 15.3 Å². The predicted molar refractivity (Wildman–Crippen MR) is 103 cm³/mol. The van der Waals surface area contributed by atoms with Gasteiger partial charge >= 0.3 is 18.1 Å². The van der Waals surface area contributed by atoms with Gasteiger partial charge < -0.3 is 5.32 Å². The lowest BCUT2D eigenvalue weighted by Gasteiger charge is -2.12. The monoisotopic (exact) mass is 417 g/mol. The third kappa shape index (κ3) is 4.45. The number of carbonyl (C=O) groups excluding carboxylic acids is 1. The molecular weight excluding hydrogens is 397 g/mol. The van der Waals surface area contributed by atoms with Crippen molar-refractivity contribution in [1.82, 2.24) is 5.27 Å². The highest BCUT2D eigenvalue weighted by Gasteiger charge is 2.38. The van der Waals surface area contributed by atoms with Gasteiger partial charge in [-0.2, -0.15) is 13.2 Å². The van der Waals surface area contributed by atoms with Gasteiger partial charge in [0.1, 0.15) is 0 Å². The zero-order valence-corrected chi connectivity index (χ0v) is 15.9. The Balaban J connectivity index is 1.42. The summed E-state index contributed by atoms with van der Waals surface area (Å²) in [5.41, 5.74) is 0.410. The molecule has 2 N–H and O–H groups in total. The van der Waals surface area contributed by atoms with E-state index in [-0.39, 0.29) is 17.6 Å². The maximum atomic E-state index is 12.8. The van der Waals surface area contributed by atoms with E-state index in [1.807, 2.05) is 18.2 Å². The van der Waals surface area contributed by atoms with Crippen LogP contribution in [0, 0.1) is 0 Å². The van der Waals surface area contributed by atoms with E-state index in [1.165, 1.54) is 17.7 Å². The first-order chi connectivity index (χ1) is 14.4. The summed E-state index contributed by atoms with van der Waals surface area (Å²) in [7, 11) is 0. The summed E-state index contributed by atoms with van der Waals surface area (Å²) in [4.78, 5) is 12.2. The van der Waals surface area contributed by atoms with Crippen molar-refractivity contribution in [2.45, 2.75) is 37.4 Å². The number of urea groups is 1. The number of rotatable bonds is 4. The van der Waals surface area contributed by atoms with Crippen LogP contribution in [0.25, 0.3) is 0 Å². The van der Waals surface area contributed by atoms with Gasteiger partial charge in [-0.1, -0.05) is 36.4 Å². The highest BCUT2D eigenvalue weighted by Crippen LogP contribution is 2.39. The van der Waals surface area contributed by atoms with Crippen LogP contribution >= 0.6 is 0 Å². The average Bonchev–Trinajstić information content (AvgIpc) is 3.37. The maximum absolute atomic E-state index is 12.8. The number of benzene rings is 2. The molecule has 1 aliphatic rings. The maximum Gasteiger partial charge on any atom is 0.416 e. The highest BCUT2D eigenvalue weighted by atomic mass is 19.4. The van der Waals surface area contributed by atoms with E-state index in [1.54, 1.807) is 10.9 Å². The minimum absolute atomic E-state index is 0.0228. The molecule has 9 heteroatoms. The molecular formula is C21H20F3N4O2+. The number of halogens is 3. The predicted octanol–water partition coefficient (Wildman–Crippen LogP) is 5.13. The van der Waals surface area contributed by atoms with Crippen LogP contribution in [0.3, 0.4) is 0 Å². The summed E-state index contributed by atoms with van der Waals surface area (Å²) in [6, 6.07) is 14.0. The standard InChI is InChI=1S/C21H19F3N4O2/c22-21(23,24)15-8-4-9-16(12-15)25-20(29)26-19-13-28(27-30-19)18-11-5-10-17(18)14-6-2-1-3-7-14/h1-4,6-9,12-13,17-18H,5,10-11H2,(H-,25,26,27,29)/p+1/t17-,18+/m0/s1. The molecule has 0 radical (unpaired) electrons. The lowest BCUT2D eigenvalue weighted by Crippen LogP contribution is -2.41. The lowest BCUT2D eigenvalue weighted by molar-refractivity contribution is -0.786. The quantitative estimate of drug-likeness (QED) is 0.578. The second-order valence-corrected chi connectivity index (χ2v) is 7.22. The molecule has 0 aliphatic heterocycles. The van der Waals surface area contributed by atoms with Gasteiger partial charge in [-0.3, -0.25) is 9.84 Å². The van der Waals surface area contributed by atoms with Crippen molar-refractivity contribution in [3.05, 3.63) is 71.9 Å². The normalized spacial score (nSPS) is 18.9. The number of carbonyl (C=O) groups is 1. The minimum atomic E-state index is -4.48. The number of aromatic nitrogens is 2. The van der Waals surface area contributed by atoms with Gasteiger partial charge in [0.05, 0.1) is 5.56 Å². The van der Waals surface area contributed by atoms with E-state index in [2.05, 4.69) is 28.0 Å². The Morgan fingerprint density at radius 2 is 1.87 bits per heavy atom. The molecule has 0 bridgehead atoms. The van der Waals surface area contributed by atoms with E-state index in [4.69, 9.17) is 4.52 Å². The molecule has 1 saturated carbocycles. The number of amides is 2. The van der Waals surface area contributed by atoms with Gasteiger partial charge in [0.2, 0.25) is 5.27 Å². The van der Waals surface area contributed by atoms with Gasteiger partial charge in [-0.25, -0.2) is 4.79 Å². The van der Waals surface area contributed by atoms with Crippen molar-refractivity contribution in [3.8, 4) is 0 Å². The first-order valence-corrected chi connectivity index (χ1v) is 9.58. The van der Waals surface area contributed by atoms with Gasteiger partial charge in [-0.05, 0) is 41.3 Å². The second kappa shape index (κ2) is 8.17. The molecule has 0 saturated heterocycles. The van der Waals surface area contributed by atoms with E-state index in [0.29, 0.717) is 5.92 Å². The Kier molecular flexibility index (Phi) is 5.43. The Morgan fingerprint density at radius 1 is 1.07 bits per heavy atom. The Bertz CT molecular complexity index is 1020. The first-order valence-electron chi connectivity index (χ1n) is 9.58. The number of alkyl halides is 3. The molecule has 1 fully saturated rings. The van der Waals surface area contributed by atoms with Gasteiger partial charge in [-0.15, -0.1) is 0 Å². The van der Waals surface area contributed by atoms with Crippen LogP contribution in [-0.2, 0) is 6.18 Å². The van der Waals surface area contributed by atoms with E-state index in [0.717, 1.165) is 31.4 Å². The summed E-state index contributed by atoms with van der Waals surface area (Å²) in [5, 5.41) is 8.87. The molecule has 156 valence electrons.